The zero-order chi connectivity index (χ0) is 21.4. The minimum Gasteiger partial charge on any atom is -0.460 e. The fourth-order valence-corrected chi connectivity index (χ4v) is 4.56. The Hall–Kier alpha value is -2.09. The van der Waals surface area contributed by atoms with E-state index >= 15 is 0 Å². The second kappa shape index (κ2) is 7.97. The van der Waals surface area contributed by atoms with Crippen molar-refractivity contribution < 1.29 is 4.42 Å². The van der Waals surface area contributed by atoms with Crippen LogP contribution in [0.1, 0.15) is 79.6 Å². The molecule has 0 saturated heterocycles. The maximum absolute atomic E-state index is 6.43. The van der Waals surface area contributed by atoms with Gasteiger partial charge in [-0.25, -0.2) is 4.58 Å². The van der Waals surface area contributed by atoms with E-state index in [0.29, 0.717) is 5.41 Å². The third-order valence-corrected chi connectivity index (χ3v) is 5.86. The Morgan fingerprint density at radius 2 is 1.76 bits per heavy atom. The van der Waals surface area contributed by atoms with Gasteiger partial charge in [-0.3, -0.25) is 0 Å². The van der Waals surface area contributed by atoms with E-state index in [2.05, 4.69) is 96.4 Å². The van der Waals surface area contributed by atoms with Gasteiger partial charge in [0.2, 0.25) is 5.36 Å². The van der Waals surface area contributed by atoms with Gasteiger partial charge in [0.25, 0.3) is 0 Å². The second-order valence-corrected chi connectivity index (χ2v) is 10.4. The van der Waals surface area contributed by atoms with Crippen molar-refractivity contribution in [2.45, 2.75) is 73.6 Å². The first-order valence-corrected chi connectivity index (χ1v) is 11.1. The third-order valence-electron chi connectivity index (χ3n) is 5.86. The molecule has 0 unspecified atom stereocenters. The van der Waals surface area contributed by atoms with Crippen molar-refractivity contribution >= 4 is 6.08 Å². The van der Waals surface area contributed by atoms with Crippen LogP contribution in [0, 0.1) is 5.41 Å². The molecule has 2 nitrogen and oxygen atoms in total. The molecule has 0 N–H and O–H groups in total. The van der Waals surface area contributed by atoms with Crippen LogP contribution in [0.5, 0.6) is 0 Å². The molecule has 1 aliphatic heterocycles. The van der Waals surface area contributed by atoms with Crippen molar-refractivity contribution in [3.05, 3.63) is 58.2 Å². The Bertz CT molecular complexity index is 986. The van der Waals surface area contributed by atoms with E-state index in [1.807, 2.05) is 0 Å². The fraction of sp³-hybridized carbons (Fsp3) is 0.519. The normalized spacial score (nSPS) is 18.2. The molecule has 0 aromatic carbocycles. The van der Waals surface area contributed by atoms with Gasteiger partial charge in [0.1, 0.15) is 24.6 Å². The summed E-state index contributed by atoms with van der Waals surface area (Å²) < 4.78 is 8.79. The summed E-state index contributed by atoms with van der Waals surface area (Å²) in [5.74, 6) is 2.01. The zero-order valence-electron chi connectivity index (χ0n) is 19.6. The van der Waals surface area contributed by atoms with Crippen LogP contribution in [0.25, 0.3) is 17.4 Å². The quantitative estimate of drug-likeness (QED) is 0.535. The summed E-state index contributed by atoms with van der Waals surface area (Å²) in [7, 11) is 0. The van der Waals surface area contributed by atoms with Gasteiger partial charge in [-0.1, -0.05) is 52.3 Å². The molecule has 156 valence electrons. The van der Waals surface area contributed by atoms with Crippen LogP contribution in [0.3, 0.4) is 0 Å². The topological polar surface area (TPSA) is 16.1 Å². The Morgan fingerprint density at radius 3 is 2.34 bits per heavy atom. The summed E-state index contributed by atoms with van der Waals surface area (Å²) in [5, 5.41) is 1.23. The molecule has 0 amide bonds. The Kier molecular flexibility index (Phi) is 5.94. The van der Waals surface area contributed by atoms with Crippen LogP contribution in [0.4, 0.5) is 0 Å². The second-order valence-electron chi connectivity index (χ2n) is 10.4. The van der Waals surface area contributed by atoms with Gasteiger partial charge in [0.05, 0.1) is 6.07 Å². The van der Waals surface area contributed by atoms with Crippen molar-refractivity contribution in [3.8, 4) is 11.3 Å². The predicted octanol–water partition coefficient (Wildman–Crippen LogP) is 6.64. The monoisotopic (exact) mass is 392 g/mol. The van der Waals surface area contributed by atoms with E-state index in [-0.39, 0.29) is 5.41 Å². The van der Waals surface area contributed by atoms with E-state index in [1.165, 1.54) is 34.1 Å². The number of fused-ring (bicyclic) bond motifs is 1. The molecule has 3 aliphatic rings. The van der Waals surface area contributed by atoms with Crippen LogP contribution in [-0.2, 0) is 5.41 Å². The van der Waals surface area contributed by atoms with Crippen LogP contribution >= 0.6 is 0 Å². The van der Waals surface area contributed by atoms with Gasteiger partial charge in [-0.15, -0.1) is 0 Å². The minimum absolute atomic E-state index is 0.0375. The summed E-state index contributed by atoms with van der Waals surface area (Å²) in [6.07, 6.45) is 7.05. The number of rotatable bonds is 3. The predicted molar refractivity (Wildman–Crippen MR) is 125 cm³/mol. The van der Waals surface area contributed by atoms with Crippen LogP contribution < -0.4 is 9.93 Å². The average Bonchev–Trinajstić information content (AvgIpc) is 2.60. The van der Waals surface area contributed by atoms with Crippen molar-refractivity contribution in [2.24, 2.45) is 5.41 Å². The highest BCUT2D eigenvalue weighted by molar-refractivity contribution is 5.75. The lowest BCUT2D eigenvalue weighted by Crippen LogP contribution is -2.29. The molecule has 0 spiro atoms. The van der Waals surface area contributed by atoms with Gasteiger partial charge in [0.15, 0.2) is 0 Å². The van der Waals surface area contributed by atoms with Gasteiger partial charge >= 0.3 is 0 Å². The summed E-state index contributed by atoms with van der Waals surface area (Å²) in [4.78, 5) is 0. The Labute approximate surface area is 177 Å². The first-order valence-electron chi connectivity index (χ1n) is 11.1. The van der Waals surface area contributed by atoms with Crippen molar-refractivity contribution in [1.29, 1.82) is 0 Å². The standard InChI is InChI=1S/C27H38NO/c1-9-28(10-2)22-11-12-23-21(14-20-13-19(3)17-27(7,8)18-20)15-25(26(4,5)6)29-24(23)16-22/h11-16H,9-10,17-18H2,1-8H3/q+1. The number of allylic oxidation sites excluding steroid dienone is 3. The maximum atomic E-state index is 6.43. The molecule has 0 bridgehead atoms. The van der Waals surface area contributed by atoms with Gasteiger partial charge in [-0.05, 0) is 62.3 Å². The van der Waals surface area contributed by atoms with Gasteiger partial charge in [0, 0.05) is 17.0 Å². The molecule has 2 aliphatic carbocycles. The molecule has 0 saturated carbocycles. The molecule has 0 atom stereocenters. The van der Waals surface area contributed by atoms with Gasteiger partial charge in [-0.2, -0.15) is 0 Å². The van der Waals surface area contributed by atoms with Crippen LogP contribution in [0.15, 0.2) is 45.9 Å². The van der Waals surface area contributed by atoms with Crippen molar-refractivity contribution in [3.63, 3.8) is 0 Å². The molecule has 3 rings (SSSR count). The van der Waals surface area contributed by atoms with Crippen LogP contribution in [-0.4, -0.2) is 13.1 Å². The molecular weight excluding hydrogens is 354 g/mol. The average molecular weight is 393 g/mol. The van der Waals surface area contributed by atoms with Gasteiger partial charge < -0.3 is 4.42 Å². The minimum atomic E-state index is -0.0375. The third kappa shape index (κ3) is 4.91. The fourth-order valence-electron chi connectivity index (χ4n) is 4.56. The highest BCUT2D eigenvalue weighted by Crippen LogP contribution is 2.40. The number of benzene rings is 1. The first-order chi connectivity index (χ1) is 13.5. The van der Waals surface area contributed by atoms with E-state index in [4.69, 9.17) is 4.42 Å². The molecule has 0 aromatic rings. The van der Waals surface area contributed by atoms with E-state index in [0.717, 1.165) is 31.0 Å². The highest BCUT2D eigenvalue weighted by atomic mass is 16.3. The van der Waals surface area contributed by atoms with Crippen LogP contribution in [0.2, 0.25) is 0 Å². The number of hydrogen-bond acceptors (Lipinski definition) is 1. The van der Waals surface area contributed by atoms with E-state index < -0.39 is 0 Å². The first kappa shape index (κ1) is 21.6. The van der Waals surface area contributed by atoms with Crippen molar-refractivity contribution in [1.82, 2.24) is 4.58 Å². The Balaban J connectivity index is 2.25. The summed E-state index contributed by atoms with van der Waals surface area (Å²) in [6, 6.07) is 8.92. The molecule has 29 heavy (non-hydrogen) atoms. The van der Waals surface area contributed by atoms with Crippen molar-refractivity contribution in [2.75, 3.05) is 13.1 Å². The SMILES string of the molecule is CC[N+](CC)=c1ccc2c(C=C3C=C(C)CC(C)(C)C3)cc(C(C)(C)C)oc-2c1. The maximum Gasteiger partial charge on any atom is 0.203 e. The number of hydrogen-bond donors (Lipinski definition) is 0. The summed E-state index contributed by atoms with van der Waals surface area (Å²) in [6.45, 7) is 20.0. The molecular formula is C27H38NO+. The highest BCUT2D eigenvalue weighted by Gasteiger charge is 2.25. The lowest BCUT2D eigenvalue weighted by molar-refractivity contribution is 0.352. The number of nitrogens with zero attached hydrogens (tertiary/aromatic N) is 1. The largest absolute Gasteiger partial charge is 0.460 e. The molecule has 0 radical (unpaired) electrons. The Morgan fingerprint density at radius 1 is 1.07 bits per heavy atom. The van der Waals surface area contributed by atoms with E-state index in [1.54, 1.807) is 0 Å². The van der Waals surface area contributed by atoms with E-state index in [9.17, 15) is 0 Å². The zero-order valence-corrected chi connectivity index (χ0v) is 19.6. The molecule has 1 heterocycles. The summed E-state index contributed by atoms with van der Waals surface area (Å²) in [5.41, 5.74) is 5.62. The smallest absolute Gasteiger partial charge is 0.203 e. The molecule has 2 heteroatoms. The lowest BCUT2D eigenvalue weighted by Gasteiger charge is -2.30. The molecule has 0 fully saturated rings. The molecule has 0 aromatic heterocycles. The lowest BCUT2D eigenvalue weighted by atomic mass is 9.75. The summed E-state index contributed by atoms with van der Waals surface area (Å²) >= 11 is 0.